The zero-order valence-electron chi connectivity index (χ0n) is 8.82. The Kier molecular flexibility index (Phi) is 3.97. The van der Waals surface area contributed by atoms with E-state index in [4.69, 9.17) is 14.6 Å². The molecule has 0 aromatic heterocycles. The number of carbonyl (C=O) groups is 1. The van der Waals surface area contributed by atoms with E-state index in [9.17, 15) is 4.79 Å². The van der Waals surface area contributed by atoms with Crippen LogP contribution in [0.1, 0.15) is 12.5 Å². The number of hydrogen-bond donors (Lipinski definition) is 1. The summed E-state index contributed by atoms with van der Waals surface area (Å²) in [6, 6.07) is 5.36. The van der Waals surface area contributed by atoms with Crippen LogP contribution in [0, 0.1) is 6.92 Å². The van der Waals surface area contributed by atoms with Crippen LogP contribution in [-0.2, 0) is 4.79 Å². The lowest BCUT2D eigenvalue weighted by atomic mass is 10.2. The van der Waals surface area contributed by atoms with Crippen molar-refractivity contribution in [3.8, 4) is 11.5 Å². The highest BCUT2D eigenvalue weighted by atomic mass is 16.5. The standard InChI is InChI=1S/C11H14O4/c1-3-14-9-5-4-8(2)10(6-9)15-7-11(12)13/h4-6H,3,7H2,1-2H3,(H,12,13). The number of hydrogen-bond acceptors (Lipinski definition) is 3. The number of carboxylic acids is 1. The average Bonchev–Trinajstić information content (AvgIpc) is 2.19. The third kappa shape index (κ3) is 3.50. The van der Waals surface area contributed by atoms with Gasteiger partial charge in [0.05, 0.1) is 6.61 Å². The first-order valence-electron chi connectivity index (χ1n) is 4.71. The first kappa shape index (κ1) is 11.4. The zero-order chi connectivity index (χ0) is 11.3. The van der Waals surface area contributed by atoms with Gasteiger partial charge in [0, 0.05) is 6.07 Å². The summed E-state index contributed by atoms with van der Waals surface area (Å²) in [6.07, 6.45) is 0. The fraction of sp³-hybridized carbons (Fsp3) is 0.364. The Morgan fingerprint density at radius 2 is 2.13 bits per heavy atom. The minimum atomic E-state index is -0.990. The number of carboxylic acid groups (broad SMARTS) is 1. The van der Waals surface area contributed by atoms with Gasteiger partial charge >= 0.3 is 5.97 Å². The van der Waals surface area contributed by atoms with Crippen molar-refractivity contribution in [2.24, 2.45) is 0 Å². The molecule has 4 heteroatoms. The van der Waals surface area contributed by atoms with Crippen LogP contribution in [0.4, 0.5) is 0 Å². The Labute approximate surface area is 88.4 Å². The molecular weight excluding hydrogens is 196 g/mol. The molecule has 0 aliphatic carbocycles. The van der Waals surface area contributed by atoms with Gasteiger partial charge in [0.15, 0.2) is 6.61 Å². The molecule has 1 aromatic carbocycles. The number of benzene rings is 1. The topological polar surface area (TPSA) is 55.8 Å². The van der Waals surface area contributed by atoms with Crippen LogP contribution in [0.2, 0.25) is 0 Å². The highest BCUT2D eigenvalue weighted by Gasteiger charge is 2.04. The quantitative estimate of drug-likeness (QED) is 0.805. The van der Waals surface area contributed by atoms with Gasteiger partial charge in [-0.05, 0) is 25.5 Å². The summed E-state index contributed by atoms with van der Waals surface area (Å²) in [5.74, 6) is 0.239. The van der Waals surface area contributed by atoms with Gasteiger partial charge in [-0.2, -0.15) is 0 Å². The summed E-state index contributed by atoms with van der Waals surface area (Å²) in [5.41, 5.74) is 0.889. The normalized spacial score (nSPS) is 9.73. The van der Waals surface area contributed by atoms with Crippen LogP contribution in [0.3, 0.4) is 0 Å². The maximum absolute atomic E-state index is 10.3. The minimum Gasteiger partial charge on any atom is -0.494 e. The molecule has 15 heavy (non-hydrogen) atoms. The van der Waals surface area contributed by atoms with Crippen molar-refractivity contribution in [1.29, 1.82) is 0 Å². The number of aryl methyl sites for hydroxylation is 1. The maximum atomic E-state index is 10.3. The highest BCUT2D eigenvalue weighted by Crippen LogP contribution is 2.24. The van der Waals surface area contributed by atoms with Gasteiger partial charge in [0.25, 0.3) is 0 Å². The highest BCUT2D eigenvalue weighted by molar-refractivity contribution is 5.68. The number of ether oxygens (including phenoxy) is 2. The molecule has 0 fully saturated rings. The van der Waals surface area contributed by atoms with E-state index in [1.807, 2.05) is 26.0 Å². The van der Waals surface area contributed by atoms with Crippen LogP contribution < -0.4 is 9.47 Å². The Hall–Kier alpha value is -1.71. The van der Waals surface area contributed by atoms with Crippen LogP contribution in [0.5, 0.6) is 11.5 Å². The molecule has 0 saturated heterocycles. The largest absolute Gasteiger partial charge is 0.494 e. The van der Waals surface area contributed by atoms with Gasteiger partial charge in [-0.1, -0.05) is 6.07 Å². The van der Waals surface area contributed by atoms with Crippen molar-refractivity contribution < 1.29 is 19.4 Å². The molecule has 0 spiro atoms. The molecule has 0 atom stereocenters. The fourth-order valence-corrected chi connectivity index (χ4v) is 1.13. The summed E-state index contributed by atoms with van der Waals surface area (Å²) < 4.78 is 10.4. The number of rotatable bonds is 5. The second kappa shape index (κ2) is 5.24. The molecule has 0 radical (unpaired) electrons. The van der Waals surface area contributed by atoms with E-state index < -0.39 is 5.97 Å². The molecule has 0 aliphatic rings. The lowest BCUT2D eigenvalue weighted by molar-refractivity contribution is -0.139. The molecule has 0 aliphatic heterocycles. The molecule has 0 heterocycles. The molecule has 0 saturated carbocycles. The second-order valence-electron chi connectivity index (χ2n) is 3.04. The Balaban J connectivity index is 2.75. The molecule has 0 amide bonds. The maximum Gasteiger partial charge on any atom is 0.341 e. The van der Waals surface area contributed by atoms with E-state index in [0.29, 0.717) is 18.1 Å². The molecule has 4 nitrogen and oxygen atoms in total. The van der Waals surface area contributed by atoms with Gasteiger partial charge in [-0.15, -0.1) is 0 Å². The monoisotopic (exact) mass is 210 g/mol. The molecule has 1 aromatic rings. The van der Waals surface area contributed by atoms with Gasteiger partial charge in [-0.3, -0.25) is 0 Å². The van der Waals surface area contributed by atoms with E-state index in [2.05, 4.69) is 0 Å². The van der Waals surface area contributed by atoms with E-state index in [0.717, 1.165) is 5.56 Å². The molecule has 1 rings (SSSR count). The predicted octanol–water partition coefficient (Wildman–Crippen LogP) is 1.86. The van der Waals surface area contributed by atoms with Crippen LogP contribution in [-0.4, -0.2) is 24.3 Å². The molecule has 0 unspecified atom stereocenters. The lowest BCUT2D eigenvalue weighted by Gasteiger charge is -2.09. The summed E-state index contributed by atoms with van der Waals surface area (Å²) in [6.45, 7) is 3.97. The predicted molar refractivity (Wildman–Crippen MR) is 55.5 cm³/mol. The zero-order valence-corrected chi connectivity index (χ0v) is 8.82. The smallest absolute Gasteiger partial charge is 0.341 e. The third-order valence-electron chi connectivity index (χ3n) is 1.82. The van der Waals surface area contributed by atoms with Crippen LogP contribution in [0.25, 0.3) is 0 Å². The van der Waals surface area contributed by atoms with E-state index in [-0.39, 0.29) is 6.61 Å². The van der Waals surface area contributed by atoms with Crippen molar-refractivity contribution in [2.45, 2.75) is 13.8 Å². The van der Waals surface area contributed by atoms with Gasteiger partial charge in [0.2, 0.25) is 0 Å². The SMILES string of the molecule is CCOc1ccc(C)c(OCC(=O)O)c1. The van der Waals surface area contributed by atoms with Gasteiger partial charge in [0.1, 0.15) is 11.5 Å². The lowest BCUT2D eigenvalue weighted by Crippen LogP contribution is -2.10. The summed E-state index contributed by atoms with van der Waals surface area (Å²) >= 11 is 0. The Morgan fingerprint density at radius 3 is 2.73 bits per heavy atom. The summed E-state index contributed by atoms with van der Waals surface area (Å²) in [5, 5.41) is 8.48. The van der Waals surface area contributed by atoms with E-state index in [1.54, 1.807) is 6.07 Å². The third-order valence-corrected chi connectivity index (χ3v) is 1.82. The van der Waals surface area contributed by atoms with Crippen molar-refractivity contribution in [2.75, 3.05) is 13.2 Å². The van der Waals surface area contributed by atoms with Crippen molar-refractivity contribution in [3.63, 3.8) is 0 Å². The molecule has 82 valence electrons. The van der Waals surface area contributed by atoms with E-state index in [1.165, 1.54) is 0 Å². The summed E-state index contributed by atoms with van der Waals surface area (Å²) in [7, 11) is 0. The minimum absolute atomic E-state index is 0.337. The number of aliphatic carboxylic acids is 1. The molecular formula is C11H14O4. The van der Waals surface area contributed by atoms with Gasteiger partial charge < -0.3 is 14.6 Å². The second-order valence-corrected chi connectivity index (χ2v) is 3.04. The Bertz CT molecular complexity index is 346. The first-order valence-corrected chi connectivity index (χ1v) is 4.71. The van der Waals surface area contributed by atoms with Crippen molar-refractivity contribution in [3.05, 3.63) is 23.8 Å². The van der Waals surface area contributed by atoms with Crippen molar-refractivity contribution >= 4 is 5.97 Å². The molecule has 0 bridgehead atoms. The summed E-state index contributed by atoms with van der Waals surface area (Å²) in [4.78, 5) is 10.3. The fourth-order valence-electron chi connectivity index (χ4n) is 1.13. The van der Waals surface area contributed by atoms with E-state index >= 15 is 0 Å². The van der Waals surface area contributed by atoms with Crippen LogP contribution in [0.15, 0.2) is 18.2 Å². The first-order chi connectivity index (χ1) is 7.13. The van der Waals surface area contributed by atoms with Gasteiger partial charge in [-0.25, -0.2) is 4.79 Å². The Morgan fingerprint density at radius 1 is 1.40 bits per heavy atom. The average molecular weight is 210 g/mol. The van der Waals surface area contributed by atoms with Crippen molar-refractivity contribution in [1.82, 2.24) is 0 Å². The van der Waals surface area contributed by atoms with Crippen LogP contribution >= 0.6 is 0 Å². The molecule has 1 N–H and O–H groups in total.